The number of nitrogens with one attached hydrogen (secondary N) is 1. The van der Waals surface area contributed by atoms with Crippen molar-refractivity contribution in [2.75, 3.05) is 5.32 Å². The molecule has 0 saturated heterocycles. The zero-order valence-corrected chi connectivity index (χ0v) is 11.7. The van der Waals surface area contributed by atoms with E-state index in [4.69, 9.17) is 16.6 Å². The number of hydrogen-bond donors (Lipinski definition) is 1. The molecule has 0 bridgehead atoms. The van der Waals surface area contributed by atoms with Crippen molar-refractivity contribution in [3.63, 3.8) is 0 Å². The molecule has 0 spiro atoms. The first-order valence-corrected chi connectivity index (χ1v) is 6.92. The summed E-state index contributed by atoms with van der Waals surface area (Å²) < 4.78 is 5.11. The zero-order chi connectivity index (χ0) is 13.7. The van der Waals surface area contributed by atoms with E-state index in [1.807, 2.05) is 19.1 Å². The molecule has 0 unspecified atom stereocenters. The Hall–Kier alpha value is -1.56. The fraction of sp³-hybridized carbons (Fsp3) is 0.182. The smallest absolute Gasteiger partial charge is 0.203 e. The van der Waals surface area contributed by atoms with Crippen LogP contribution in [0.1, 0.15) is 16.0 Å². The summed E-state index contributed by atoms with van der Waals surface area (Å²) >= 11 is 2.12. The second-order valence-corrected chi connectivity index (χ2v) is 5.03. The fourth-order valence-corrected chi connectivity index (χ4v) is 2.25. The summed E-state index contributed by atoms with van der Waals surface area (Å²) in [5, 5.41) is 12.5. The average molecular weight is 288 g/mol. The molecule has 0 fully saturated rings. The highest BCUT2D eigenvalue weighted by Crippen LogP contribution is 2.24. The van der Waals surface area contributed by atoms with Gasteiger partial charge in [0.1, 0.15) is 16.8 Å². The van der Waals surface area contributed by atoms with Gasteiger partial charge in [0.15, 0.2) is 5.13 Å². The minimum absolute atomic E-state index is 0.408. The molecule has 2 radical (unpaired) electrons. The van der Waals surface area contributed by atoms with Crippen molar-refractivity contribution in [2.24, 2.45) is 0 Å². The third kappa shape index (κ3) is 3.47. The van der Waals surface area contributed by atoms with Crippen LogP contribution < -0.4 is 5.32 Å². The Labute approximate surface area is 120 Å². The number of hydrogen-bond acceptors (Lipinski definition) is 7. The van der Waals surface area contributed by atoms with E-state index in [0.717, 1.165) is 23.0 Å². The normalized spacial score (nSPS) is 10.1. The van der Waals surface area contributed by atoms with Crippen molar-refractivity contribution in [1.29, 1.82) is 5.26 Å². The lowest BCUT2D eigenvalue weighted by atomic mass is 10.1. The summed E-state index contributed by atoms with van der Waals surface area (Å²) in [4.78, 5) is 8.92. The van der Waals surface area contributed by atoms with Crippen LogP contribution in [0.4, 0.5) is 10.9 Å². The van der Waals surface area contributed by atoms with Gasteiger partial charge in [0.2, 0.25) is 7.12 Å². The second kappa shape index (κ2) is 6.56. The fourth-order valence-electron chi connectivity index (χ4n) is 1.44. The largest absolute Gasteiger partial charge is 0.324 e. The molecule has 94 valence electrons. The summed E-state index contributed by atoms with van der Waals surface area (Å²) in [5.74, 6) is 0.696. The molecule has 2 rings (SSSR count). The molecule has 0 aromatic carbocycles. The Balaban J connectivity index is 2.18. The van der Waals surface area contributed by atoms with E-state index >= 15 is 0 Å². The Morgan fingerprint density at radius 1 is 1.58 bits per heavy atom. The molecule has 2 heterocycles. The number of rotatable bonds is 5. The van der Waals surface area contributed by atoms with E-state index in [1.54, 1.807) is 6.20 Å². The summed E-state index contributed by atoms with van der Waals surface area (Å²) in [6.07, 6.45) is 3.22. The molecule has 0 aliphatic carbocycles. The van der Waals surface area contributed by atoms with Crippen LogP contribution in [0.5, 0.6) is 0 Å². The van der Waals surface area contributed by atoms with Crippen LogP contribution in [0.2, 0.25) is 0 Å². The molecule has 2 aromatic heterocycles. The maximum Gasteiger partial charge on any atom is 0.203 e. The third-order valence-corrected chi connectivity index (χ3v) is 3.51. The highest BCUT2D eigenvalue weighted by molar-refractivity contribution is 8.15. The summed E-state index contributed by atoms with van der Waals surface area (Å²) in [6, 6.07) is 3.92. The predicted molar refractivity (Wildman–Crippen MR) is 77.2 cm³/mol. The Bertz CT molecular complexity index is 611. The number of nitriles is 1. The maximum absolute atomic E-state index is 8.76. The Kier molecular flexibility index (Phi) is 4.79. The first-order valence-electron chi connectivity index (χ1n) is 5.30. The lowest BCUT2D eigenvalue weighted by Gasteiger charge is -2.10. The van der Waals surface area contributed by atoms with E-state index in [2.05, 4.69) is 15.3 Å². The van der Waals surface area contributed by atoms with Crippen LogP contribution in [0.3, 0.4) is 0 Å². The number of thiazole rings is 1. The molecule has 5 nitrogen and oxygen atoms in total. The number of pyridine rings is 1. The van der Waals surface area contributed by atoms with E-state index in [1.165, 1.54) is 17.5 Å². The standard InChI is InChI=1S/C11H9BN4OS2/c1-7-8(6-17-19-12)2-3-14-10(7)16-11-15-5-9(4-13)18-11/h2-3,5H,6H2,1H3,(H,14,15,16). The molecule has 0 amide bonds. The van der Waals surface area contributed by atoms with E-state index in [-0.39, 0.29) is 0 Å². The molecular formula is C11H9BN4OS2. The van der Waals surface area contributed by atoms with Crippen molar-refractivity contribution < 1.29 is 4.18 Å². The van der Waals surface area contributed by atoms with Crippen LogP contribution >= 0.6 is 23.2 Å². The first kappa shape index (κ1) is 13.9. The summed E-state index contributed by atoms with van der Waals surface area (Å²) in [5.41, 5.74) is 1.96. The van der Waals surface area contributed by atoms with E-state index in [0.29, 0.717) is 22.4 Å². The lowest BCUT2D eigenvalue weighted by molar-refractivity contribution is 0.368. The molecule has 2 aromatic rings. The number of anilines is 2. The quantitative estimate of drug-likeness (QED) is 0.673. The number of aromatic nitrogens is 2. The van der Waals surface area contributed by atoms with Gasteiger partial charge >= 0.3 is 0 Å². The average Bonchev–Trinajstić information content (AvgIpc) is 2.87. The van der Waals surface area contributed by atoms with Gasteiger partial charge in [-0.05, 0) is 24.1 Å². The van der Waals surface area contributed by atoms with Crippen molar-refractivity contribution >= 4 is 41.3 Å². The predicted octanol–water partition coefficient (Wildman–Crippen LogP) is 2.71. The van der Waals surface area contributed by atoms with Crippen molar-refractivity contribution in [2.45, 2.75) is 13.5 Å². The van der Waals surface area contributed by atoms with Crippen LogP contribution in [0, 0.1) is 18.3 Å². The second-order valence-electron chi connectivity index (χ2n) is 3.57. The maximum atomic E-state index is 8.76. The minimum atomic E-state index is 0.408. The van der Waals surface area contributed by atoms with Gasteiger partial charge in [0.25, 0.3) is 0 Å². The molecule has 0 atom stereocenters. The van der Waals surface area contributed by atoms with Gasteiger partial charge in [-0.3, -0.25) is 0 Å². The van der Waals surface area contributed by atoms with Crippen LogP contribution in [0.25, 0.3) is 0 Å². The van der Waals surface area contributed by atoms with Crippen LogP contribution in [0.15, 0.2) is 18.5 Å². The number of nitrogens with zero attached hydrogens (tertiary/aromatic N) is 3. The molecule has 0 aliphatic heterocycles. The molecule has 1 N–H and O–H groups in total. The van der Waals surface area contributed by atoms with Crippen molar-refractivity contribution in [3.05, 3.63) is 34.5 Å². The highest BCUT2D eigenvalue weighted by atomic mass is 32.2. The van der Waals surface area contributed by atoms with Gasteiger partial charge in [-0.15, -0.1) is 0 Å². The SMILES string of the molecule is [B]SOCc1ccnc(Nc2ncc(C#N)s2)c1C. The third-order valence-electron chi connectivity index (χ3n) is 2.44. The highest BCUT2D eigenvalue weighted by Gasteiger charge is 2.08. The molecule has 0 aliphatic rings. The van der Waals surface area contributed by atoms with Gasteiger partial charge in [0, 0.05) is 6.20 Å². The van der Waals surface area contributed by atoms with Gasteiger partial charge in [-0.25, -0.2) is 9.97 Å². The van der Waals surface area contributed by atoms with Gasteiger partial charge in [-0.1, -0.05) is 23.2 Å². The van der Waals surface area contributed by atoms with Crippen LogP contribution in [-0.2, 0) is 10.8 Å². The molecule has 0 saturated carbocycles. The summed E-state index contributed by atoms with van der Waals surface area (Å²) in [6.45, 7) is 2.35. The van der Waals surface area contributed by atoms with E-state index in [9.17, 15) is 0 Å². The van der Waals surface area contributed by atoms with Gasteiger partial charge in [-0.2, -0.15) is 5.26 Å². The molecular weight excluding hydrogens is 279 g/mol. The van der Waals surface area contributed by atoms with Gasteiger partial charge in [0.05, 0.1) is 12.8 Å². The van der Waals surface area contributed by atoms with E-state index < -0.39 is 0 Å². The minimum Gasteiger partial charge on any atom is -0.324 e. The monoisotopic (exact) mass is 288 g/mol. The van der Waals surface area contributed by atoms with Crippen molar-refractivity contribution in [1.82, 2.24) is 9.97 Å². The first-order chi connectivity index (χ1) is 9.24. The lowest BCUT2D eigenvalue weighted by Crippen LogP contribution is -2.00. The summed E-state index contributed by atoms with van der Waals surface area (Å²) in [7, 11) is 5.23. The molecule has 19 heavy (non-hydrogen) atoms. The topological polar surface area (TPSA) is 70.8 Å². The van der Waals surface area contributed by atoms with Crippen molar-refractivity contribution in [3.8, 4) is 6.07 Å². The van der Waals surface area contributed by atoms with Gasteiger partial charge < -0.3 is 9.50 Å². The Morgan fingerprint density at radius 3 is 3.11 bits per heavy atom. The van der Waals surface area contributed by atoms with Crippen LogP contribution in [-0.4, -0.2) is 17.1 Å². The Morgan fingerprint density at radius 2 is 2.42 bits per heavy atom. The molecule has 8 heteroatoms. The zero-order valence-electron chi connectivity index (χ0n) is 10.1.